The second kappa shape index (κ2) is 9.62. The molecular weight excluding hydrogens is 356 g/mol. The monoisotopic (exact) mass is 383 g/mol. The Morgan fingerprint density at radius 1 is 1.07 bits per heavy atom. The Kier molecular flexibility index (Phi) is 6.96. The first-order valence-corrected chi connectivity index (χ1v) is 10.5. The van der Waals surface area contributed by atoms with Gasteiger partial charge in [0.1, 0.15) is 0 Å². The summed E-state index contributed by atoms with van der Waals surface area (Å²) in [4.78, 5) is 14.9. The number of fused-ring (bicyclic) bond motifs is 1. The third-order valence-electron chi connectivity index (χ3n) is 4.88. The first-order chi connectivity index (χ1) is 13.2. The van der Waals surface area contributed by atoms with Crippen LogP contribution in [0, 0.1) is 0 Å². The van der Waals surface area contributed by atoms with E-state index in [1.807, 2.05) is 24.3 Å². The number of thioether (sulfide) groups is 1. The molecule has 27 heavy (non-hydrogen) atoms. The highest BCUT2D eigenvalue weighted by atomic mass is 32.2. The molecule has 1 atom stereocenters. The Labute approximate surface area is 164 Å². The van der Waals surface area contributed by atoms with Crippen molar-refractivity contribution in [2.24, 2.45) is 0 Å². The molecule has 1 aromatic heterocycles. The Hall–Kier alpha value is -2.24. The van der Waals surface area contributed by atoms with Crippen LogP contribution in [0.25, 0.3) is 10.8 Å². The predicted octanol–water partition coefficient (Wildman–Crippen LogP) is 3.31. The highest BCUT2D eigenvalue weighted by molar-refractivity contribution is 8.00. The molecule has 0 radical (unpaired) electrons. The Bertz CT molecular complexity index is 860. The molecule has 4 nitrogen and oxygen atoms in total. The van der Waals surface area contributed by atoms with Gasteiger partial charge < -0.3 is 14.6 Å². The van der Waals surface area contributed by atoms with Gasteiger partial charge in [-0.05, 0) is 48.9 Å². The number of amides is 1. The van der Waals surface area contributed by atoms with Crippen molar-refractivity contribution >= 4 is 28.4 Å². The van der Waals surface area contributed by atoms with Crippen LogP contribution in [-0.2, 0) is 4.79 Å². The largest absolute Gasteiger partial charge is 0.463 e. The van der Waals surface area contributed by atoms with Gasteiger partial charge in [0.05, 0.1) is 31.7 Å². The maximum absolute atomic E-state index is 12.4. The van der Waals surface area contributed by atoms with Gasteiger partial charge in [-0.2, -0.15) is 0 Å². The van der Waals surface area contributed by atoms with Gasteiger partial charge in [0.2, 0.25) is 5.91 Å². The lowest BCUT2D eigenvalue weighted by Gasteiger charge is -2.25. The molecule has 2 aromatic carbocycles. The van der Waals surface area contributed by atoms with E-state index in [-0.39, 0.29) is 11.9 Å². The second-order valence-corrected chi connectivity index (χ2v) is 7.58. The van der Waals surface area contributed by atoms with Gasteiger partial charge in [0, 0.05) is 4.90 Å². The van der Waals surface area contributed by atoms with Crippen molar-refractivity contribution in [2.75, 3.05) is 25.4 Å². The lowest BCUT2D eigenvalue weighted by atomic mass is 10.1. The van der Waals surface area contributed by atoms with E-state index in [0.29, 0.717) is 12.3 Å². The topological polar surface area (TPSA) is 46.7 Å². The molecule has 1 heterocycles. The number of quaternary nitrogens is 1. The smallest absolute Gasteiger partial charge is 0.230 e. The summed E-state index contributed by atoms with van der Waals surface area (Å²) >= 11 is 1.57. The molecule has 1 amide bonds. The van der Waals surface area contributed by atoms with Crippen LogP contribution >= 0.6 is 11.8 Å². The fraction of sp³-hybridized carbons (Fsp3) is 0.318. The van der Waals surface area contributed by atoms with Crippen LogP contribution in [-0.4, -0.2) is 31.3 Å². The molecule has 0 aliphatic rings. The molecule has 2 N–H and O–H groups in total. The Balaban J connectivity index is 1.55. The lowest BCUT2D eigenvalue weighted by molar-refractivity contribution is -0.928. The zero-order valence-corrected chi connectivity index (χ0v) is 16.7. The molecule has 3 aromatic rings. The lowest BCUT2D eigenvalue weighted by Crippen LogP contribution is -3.12. The van der Waals surface area contributed by atoms with Crippen molar-refractivity contribution in [1.82, 2.24) is 5.32 Å². The van der Waals surface area contributed by atoms with E-state index >= 15 is 0 Å². The van der Waals surface area contributed by atoms with Crippen LogP contribution in [0.5, 0.6) is 0 Å². The number of likely N-dealkylation sites (N-methyl/N-ethyl adjacent to an activating group) is 1. The summed E-state index contributed by atoms with van der Waals surface area (Å²) in [5, 5.41) is 5.50. The Morgan fingerprint density at radius 3 is 2.56 bits per heavy atom. The Morgan fingerprint density at radius 2 is 1.85 bits per heavy atom. The molecule has 0 spiro atoms. The zero-order valence-electron chi connectivity index (χ0n) is 15.9. The summed E-state index contributed by atoms with van der Waals surface area (Å²) in [7, 11) is 0. The predicted molar refractivity (Wildman–Crippen MR) is 111 cm³/mol. The minimum atomic E-state index is 0.0521. The van der Waals surface area contributed by atoms with Crippen LogP contribution < -0.4 is 10.2 Å². The van der Waals surface area contributed by atoms with E-state index in [1.54, 1.807) is 18.0 Å². The summed E-state index contributed by atoms with van der Waals surface area (Å²) in [6, 6.07) is 18.6. The van der Waals surface area contributed by atoms with Crippen LogP contribution in [0.4, 0.5) is 0 Å². The van der Waals surface area contributed by atoms with Crippen LogP contribution in [0.3, 0.4) is 0 Å². The van der Waals surface area contributed by atoms with Crippen LogP contribution in [0.1, 0.15) is 25.6 Å². The first kappa shape index (κ1) is 19.5. The quantitative estimate of drug-likeness (QED) is 0.557. The van der Waals surface area contributed by atoms with E-state index in [9.17, 15) is 4.79 Å². The summed E-state index contributed by atoms with van der Waals surface area (Å²) in [6.07, 6.45) is 1.70. The molecule has 0 aliphatic heterocycles. The maximum atomic E-state index is 12.4. The number of hydrogen-bond donors (Lipinski definition) is 2. The molecule has 0 unspecified atom stereocenters. The number of hydrogen-bond acceptors (Lipinski definition) is 3. The number of carbonyl (C=O) groups is 1. The number of carbonyl (C=O) groups excluding carboxylic acids is 1. The van der Waals surface area contributed by atoms with Crippen molar-refractivity contribution in [3.05, 3.63) is 66.6 Å². The SMILES string of the molecule is CC[NH+](CC)[C@H](CNC(=O)CSc1ccc2ccccc2c1)c1ccco1. The van der Waals surface area contributed by atoms with E-state index in [4.69, 9.17) is 4.42 Å². The van der Waals surface area contributed by atoms with Gasteiger partial charge in [-0.25, -0.2) is 0 Å². The average molecular weight is 384 g/mol. The number of furan rings is 1. The van der Waals surface area contributed by atoms with E-state index < -0.39 is 0 Å². The fourth-order valence-electron chi connectivity index (χ4n) is 3.35. The molecular formula is C22H27N2O2S+. The van der Waals surface area contributed by atoms with Crippen LogP contribution in [0.2, 0.25) is 0 Å². The molecule has 0 fully saturated rings. The fourth-order valence-corrected chi connectivity index (χ4v) is 4.13. The van der Waals surface area contributed by atoms with Gasteiger partial charge in [0.15, 0.2) is 11.8 Å². The van der Waals surface area contributed by atoms with Gasteiger partial charge in [-0.3, -0.25) is 4.79 Å². The third kappa shape index (κ3) is 5.15. The normalized spacial score (nSPS) is 12.4. The van der Waals surface area contributed by atoms with Crippen LogP contribution in [0.15, 0.2) is 70.2 Å². The minimum absolute atomic E-state index is 0.0521. The summed E-state index contributed by atoms with van der Waals surface area (Å²) in [5.74, 6) is 1.39. The van der Waals surface area contributed by atoms with Gasteiger partial charge >= 0.3 is 0 Å². The van der Waals surface area contributed by atoms with Crippen molar-refractivity contribution in [2.45, 2.75) is 24.8 Å². The molecule has 5 heteroatoms. The summed E-state index contributed by atoms with van der Waals surface area (Å²) in [5.41, 5.74) is 0. The van der Waals surface area contributed by atoms with Gasteiger partial charge in [0.25, 0.3) is 0 Å². The highest BCUT2D eigenvalue weighted by Crippen LogP contribution is 2.23. The van der Waals surface area contributed by atoms with E-state index in [2.05, 4.69) is 49.5 Å². The standard InChI is InChI=1S/C22H26N2O2S/c1-3-24(4-2)20(21-10-7-13-26-21)15-23-22(25)16-27-19-12-11-17-8-5-6-9-18(17)14-19/h5-14,20H,3-4,15-16H2,1-2H3,(H,23,25)/p+1/t20-/m1/s1. The maximum Gasteiger partial charge on any atom is 0.230 e. The molecule has 0 saturated carbocycles. The first-order valence-electron chi connectivity index (χ1n) is 9.47. The van der Waals surface area contributed by atoms with E-state index in [1.165, 1.54) is 15.7 Å². The third-order valence-corrected chi connectivity index (χ3v) is 5.88. The van der Waals surface area contributed by atoms with Crippen molar-refractivity contribution < 1.29 is 14.1 Å². The average Bonchev–Trinajstić information content (AvgIpc) is 3.24. The molecule has 142 valence electrons. The van der Waals surface area contributed by atoms with Gasteiger partial charge in [-0.15, -0.1) is 11.8 Å². The van der Waals surface area contributed by atoms with E-state index in [0.717, 1.165) is 23.7 Å². The molecule has 0 aliphatic carbocycles. The number of nitrogens with one attached hydrogen (secondary N) is 2. The van der Waals surface area contributed by atoms with Crippen molar-refractivity contribution in [3.8, 4) is 0 Å². The highest BCUT2D eigenvalue weighted by Gasteiger charge is 2.24. The summed E-state index contributed by atoms with van der Waals surface area (Å²) < 4.78 is 5.61. The second-order valence-electron chi connectivity index (χ2n) is 6.54. The van der Waals surface area contributed by atoms with Gasteiger partial charge in [-0.1, -0.05) is 30.3 Å². The minimum Gasteiger partial charge on any atom is -0.463 e. The molecule has 0 saturated heterocycles. The molecule has 0 bridgehead atoms. The molecule has 3 rings (SSSR count). The number of benzene rings is 2. The summed E-state index contributed by atoms with van der Waals surface area (Å²) in [6.45, 7) is 6.88. The zero-order chi connectivity index (χ0) is 19.1. The van der Waals surface area contributed by atoms with Crippen molar-refractivity contribution in [3.63, 3.8) is 0 Å². The number of rotatable bonds is 9. The van der Waals surface area contributed by atoms with Crippen molar-refractivity contribution in [1.29, 1.82) is 0 Å².